The fraction of sp³-hybridized carbons (Fsp3) is 0.200. The Labute approximate surface area is 128 Å². The maximum atomic E-state index is 13.5. The second-order valence-electron chi connectivity index (χ2n) is 5.03. The van der Waals surface area contributed by atoms with Gasteiger partial charge in [0.1, 0.15) is 5.82 Å². The predicted octanol–water partition coefficient (Wildman–Crippen LogP) is 1.79. The average molecular weight is 308 g/mol. The minimum atomic E-state index is -1.67. The molecule has 0 heterocycles. The Hall–Kier alpha value is -1.40. The molecule has 0 spiro atoms. The van der Waals surface area contributed by atoms with E-state index in [1.54, 1.807) is 6.07 Å². The number of nitrogens with zero attached hydrogens (tertiary/aromatic N) is 1. The average Bonchev–Trinajstić information content (AvgIpc) is 2.40. The molecule has 0 fully saturated rings. The van der Waals surface area contributed by atoms with E-state index in [0.29, 0.717) is 23.7 Å². The van der Waals surface area contributed by atoms with Crippen molar-refractivity contribution < 1.29 is 14.4 Å². The monoisotopic (exact) mass is 307 g/mol. The molecule has 110 valence electrons. The minimum Gasteiger partial charge on any atom is -0.423 e. The van der Waals surface area contributed by atoms with Gasteiger partial charge in [-0.15, -0.1) is 0 Å². The molecule has 3 nitrogen and oxygen atoms in total. The number of rotatable bonds is 5. The van der Waals surface area contributed by atoms with Crippen LogP contribution in [0.4, 0.5) is 4.39 Å². The van der Waals surface area contributed by atoms with Crippen LogP contribution in [-0.4, -0.2) is 29.1 Å². The maximum Gasteiger partial charge on any atom is 0.488 e. The van der Waals surface area contributed by atoms with Crippen LogP contribution in [0, 0.1) is 5.82 Å². The van der Waals surface area contributed by atoms with Gasteiger partial charge in [0.2, 0.25) is 0 Å². The Bertz CT molecular complexity index is 624. The van der Waals surface area contributed by atoms with Crippen LogP contribution in [0.3, 0.4) is 0 Å². The standard InChI is InChI=1S/C15H16BClFNO2/c1-19(10-12-4-2-3-5-15(12)17)9-11-6-13(16(20)21)8-14(18)7-11/h2-8,20-21H,9-10H2,1H3. The summed E-state index contributed by atoms with van der Waals surface area (Å²) in [6, 6.07) is 11.6. The first kappa shape index (κ1) is 16.0. The van der Waals surface area contributed by atoms with Crippen molar-refractivity contribution in [2.24, 2.45) is 0 Å². The van der Waals surface area contributed by atoms with Gasteiger partial charge in [0.15, 0.2) is 0 Å². The molecule has 2 rings (SSSR count). The molecule has 0 unspecified atom stereocenters. The summed E-state index contributed by atoms with van der Waals surface area (Å²) in [5.74, 6) is -0.484. The van der Waals surface area contributed by atoms with Crippen molar-refractivity contribution in [2.45, 2.75) is 13.1 Å². The van der Waals surface area contributed by atoms with Gasteiger partial charge in [-0.2, -0.15) is 0 Å². The summed E-state index contributed by atoms with van der Waals surface area (Å²) in [5, 5.41) is 19.0. The van der Waals surface area contributed by atoms with Crippen molar-refractivity contribution in [3.8, 4) is 0 Å². The summed E-state index contributed by atoms with van der Waals surface area (Å²) < 4.78 is 13.5. The topological polar surface area (TPSA) is 43.7 Å². The third-order valence-electron chi connectivity index (χ3n) is 3.13. The van der Waals surface area contributed by atoms with Crippen LogP contribution in [0.2, 0.25) is 5.02 Å². The van der Waals surface area contributed by atoms with Crippen LogP contribution in [0.15, 0.2) is 42.5 Å². The zero-order valence-corrected chi connectivity index (χ0v) is 12.4. The van der Waals surface area contributed by atoms with Crippen LogP contribution in [-0.2, 0) is 13.1 Å². The fourth-order valence-corrected chi connectivity index (χ4v) is 2.40. The number of hydrogen-bond donors (Lipinski definition) is 2. The van der Waals surface area contributed by atoms with Crippen LogP contribution in [0.1, 0.15) is 11.1 Å². The number of benzene rings is 2. The third-order valence-corrected chi connectivity index (χ3v) is 3.50. The molecule has 0 amide bonds. The van der Waals surface area contributed by atoms with Gasteiger partial charge in [-0.05, 0) is 41.8 Å². The van der Waals surface area contributed by atoms with Crippen LogP contribution < -0.4 is 5.46 Å². The van der Waals surface area contributed by atoms with E-state index in [1.165, 1.54) is 6.07 Å². The van der Waals surface area contributed by atoms with E-state index < -0.39 is 12.9 Å². The summed E-state index contributed by atoms with van der Waals surface area (Å²) in [6.07, 6.45) is 0. The zero-order chi connectivity index (χ0) is 15.4. The molecular formula is C15H16BClFNO2. The van der Waals surface area contributed by atoms with Crippen molar-refractivity contribution in [3.05, 3.63) is 64.4 Å². The summed E-state index contributed by atoms with van der Waals surface area (Å²) in [4.78, 5) is 1.98. The largest absolute Gasteiger partial charge is 0.488 e. The minimum absolute atomic E-state index is 0.149. The molecule has 21 heavy (non-hydrogen) atoms. The Morgan fingerprint density at radius 3 is 2.52 bits per heavy atom. The van der Waals surface area contributed by atoms with Gasteiger partial charge in [-0.1, -0.05) is 35.9 Å². The molecule has 2 N–H and O–H groups in total. The first-order valence-corrected chi connectivity index (χ1v) is 6.91. The summed E-state index contributed by atoms with van der Waals surface area (Å²) in [6.45, 7) is 1.09. The summed E-state index contributed by atoms with van der Waals surface area (Å²) in [5.41, 5.74) is 1.81. The number of halogens is 2. The van der Waals surface area contributed by atoms with Crippen molar-refractivity contribution in [3.63, 3.8) is 0 Å². The van der Waals surface area contributed by atoms with E-state index in [-0.39, 0.29) is 5.46 Å². The van der Waals surface area contributed by atoms with Gasteiger partial charge in [0.25, 0.3) is 0 Å². The van der Waals surface area contributed by atoms with Gasteiger partial charge >= 0.3 is 7.12 Å². The Balaban J connectivity index is 2.09. The normalized spacial score (nSPS) is 11.0. The smallest absolute Gasteiger partial charge is 0.423 e. The lowest BCUT2D eigenvalue weighted by molar-refractivity contribution is 0.318. The van der Waals surface area contributed by atoms with Gasteiger partial charge in [-0.25, -0.2) is 4.39 Å². The second kappa shape index (κ2) is 7.05. The highest BCUT2D eigenvalue weighted by molar-refractivity contribution is 6.58. The predicted molar refractivity (Wildman–Crippen MR) is 82.8 cm³/mol. The molecule has 0 aliphatic heterocycles. The number of hydrogen-bond acceptors (Lipinski definition) is 3. The Morgan fingerprint density at radius 2 is 1.86 bits per heavy atom. The van der Waals surface area contributed by atoms with E-state index in [0.717, 1.165) is 11.6 Å². The molecule has 2 aromatic carbocycles. The molecule has 0 saturated heterocycles. The Kier molecular flexibility index (Phi) is 5.36. The van der Waals surface area contributed by atoms with Crippen LogP contribution in [0.5, 0.6) is 0 Å². The Morgan fingerprint density at radius 1 is 1.14 bits per heavy atom. The zero-order valence-electron chi connectivity index (χ0n) is 11.6. The lowest BCUT2D eigenvalue weighted by Gasteiger charge is -2.18. The van der Waals surface area contributed by atoms with E-state index in [1.807, 2.05) is 36.2 Å². The molecule has 0 aromatic heterocycles. The molecule has 0 saturated carbocycles. The molecular weight excluding hydrogens is 291 g/mol. The molecule has 0 atom stereocenters. The molecule has 0 bridgehead atoms. The third kappa shape index (κ3) is 4.54. The van der Waals surface area contributed by atoms with Gasteiger partial charge in [0, 0.05) is 18.1 Å². The van der Waals surface area contributed by atoms with Crippen molar-refractivity contribution >= 4 is 24.2 Å². The van der Waals surface area contributed by atoms with Gasteiger partial charge in [-0.3, -0.25) is 4.90 Å². The van der Waals surface area contributed by atoms with Crippen molar-refractivity contribution in [1.82, 2.24) is 4.90 Å². The first-order chi connectivity index (χ1) is 9.95. The maximum absolute atomic E-state index is 13.5. The molecule has 6 heteroatoms. The highest BCUT2D eigenvalue weighted by atomic mass is 35.5. The van der Waals surface area contributed by atoms with Crippen LogP contribution >= 0.6 is 11.6 Å². The molecule has 2 aromatic rings. The lowest BCUT2D eigenvalue weighted by atomic mass is 9.79. The summed E-state index contributed by atoms with van der Waals surface area (Å²) >= 11 is 6.11. The van der Waals surface area contributed by atoms with Crippen LogP contribution in [0.25, 0.3) is 0 Å². The lowest BCUT2D eigenvalue weighted by Crippen LogP contribution is -2.31. The molecule has 0 aliphatic rings. The second-order valence-corrected chi connectivity index (χ2v) is 5.44. The van der Waals surface area contributed by atoms with E-state index in [2.05, 4.69) is 0 Å². The highest BCUT2D eigenvalue weighted by Crippen LogP contribution is 2.17. The van der Waals surface area contributed by atoms with Crippen molar-refractivity contribution in [1.29, 1.82) is 0 Å². The van der Waals surface area contributed by atoms with E-state index in [9.17, 15) is 4.39 Å². The molecule has 0 radical (unpaired) electrons. The van der Waals surface area contributed by atoms with Gasteiger partial charge < -0.3 is 10.0 Å². The highest BCUT2D eigenvalue weighted by Gasteiger charge is 2.14. The van der Waals surface area contributed by atoms with E-state index >= 15 is 0 Å². The first-order valence-electron chi connectivity index (χ1n) is 6.53. The van der Waals surface area contributed by atoms with Gasteiger partial charge in [0.05, 0.1) is 0 Å². The fourth-order valence-electron chi connectivity index (χ4n) is 2.20. The quantitative estimate of drug-likeness (QED) is 0.828. The summed E-state index contributed by atoms with van der Waals surface area (Å²) in [7, 11) is 0.219. The molecule has 0 aliphatic carbocycles. The SMILES string of the molecule is CN(Cc1cc(F)cc(B(O)O)c1)Cc1ccccc1Cl. The van der Waals surface area contributed by atoms with Crippen molar-refractivity contribution in [2.75, 3.05) is 7.05 Å². The van der Waals surface area contributed by atoms with E-state index in [4.69, 9.17) is 21.6 Å².